The van der Waals surface area contributed by atoms with Gasteiger partial charge in [0.1, 0.15) is 6.61 Å². The molecule has 0 aromatic heterocycles. The molecule has 2 heteroatoms. The number of rotatable bonds is 5. The second-order valence-corrected chi connectivity index (χ2v) is 5.23. The molecule has 1 aromatic rings. The van der Waals surface area contributed by atoms with Crippen LogP contribution in [0.4, 0.5) is 0 Å². The maximum atomic E-state index is 5.22. The predicted octanol–water partition coefficient (Wildman–Crippen LogP) is 4.03. The van der Waals surface area contributed by atoms with Crippen LogP contribution in [0.2, 0.25) is 0 Å². The van der Waals surface area contributed by atoms with Gasteiger partial charge < -0.3 is 4.84 Å². The lowest BCUT2D eigenvalue weighted by atomic mass is 9.87. The number of oxime groups is 1. The van der Waals surface area contributed by atoms with Crippen LogP contribution in [0.25, 0.3) is 0 Å². The van der Waals surface area contributed by atoms with Crippen molar-refractivity contribution in [3.8, 4) is 0 Å². The Morgan fingerprint density at radius 1 is 1.29 bits per heavy atom. The van der Waals surface area contributed by atoms with E-state index in [0.717, 1.165) is 17.7 Å². The van der Waals surface area contributed by atoms with Crippen LogP contribution in [0.15, 0.2) is 48.1 Å². The zero-order valence-corrected chi connectivity index (χ0v) is 10.9. The van der Waals surface area contributed by atoms with Gasteiger partial charge in [-0.15, -0.1) is 0 Å². The summed E-state index contributed by atoms with van der Waals surface area (Å²) in [5.74, 6) is 0. The lowest BCUT2D eigenvalue weighted by Gasteiger charge is -2.19. The molecule has 0 heterocycles. The van der Waals surface area contributed by atoms with E-state index in [0.29, 0.717) is 6.61 Å². The molecule has 0 aliphatic carbocycles. The summed E-state index contributed by atoms with van der Waals surface area (Å²) >= 11 is 0. The van der Waals surface area contributed by atoms with Crippen LogP contribution in [-0.4, -0.2) is 12.3 Å². The minimum absolute atomic E-state index is 0.187. The Balaban J connectivity index is 2.86. The monoisotopic (exact) mass is 231 g/mol. The highest BCUT2D eigenvalue weighted by atomic mass is 16.6. The topological polar surface area (TPSA) is 21.6 Å². The molecule has 92 valence electrons. The van der Waals surface area contributed by atoms with Gasteiger partial charge in [0.25, 0.3) is 0 Å². The van der Waals surface area contributed by atoms with Crippen molar-refractivity contribution in [1.29, 1.82) is 0 Å². The van der Waals surface area contributed by atoms with Crippen molar-refractivity contribution in [3.63, 3.8) is 0 Å². The van der Waals surface area contributed by atoms with E-state index in [4.69, 9.17) is 4.84 Å². The molecule has 0 saturated carbocycles. The number of hydrogen-bond donors (Lipinski definition) is 0. The molecule has 0 radical (unpaired) electrons. The third-order valence-corrected chi connectivity index (χ3v) is 2.17. The molecule has 17 heavy (non-hydrogen) atoms. The molecule has 0 bridgehead atoms. The van der Waals surface area contributed by atoms with Crippen molar-refractivity contribution in [1.82, 2.24) is 0 Å². The minimum atomic E-state index is 0.187. The molecule has 0 spiro atoms. The van der Waals surface area contributed by atoms with Gasteiger partial charge in [-0.1, -0.05) is 68.9 Å². The van der Waals surface area contributed by atoms with E-state index in [1.54, 1.807) is 6.08 Å². The van der Waals surface area contributed by atoms with Crippen LogP contribution in [0.1, 0.15) is 32.8 Å². The van der Waals surface area contributed by atoms with Crippen molar-refractivity contribution < 1.29 is 4.84 Å². The van der Waals surface area contributed by atoms with Gasteiger partial charge in [-0.3, -0.25) is 0 Å². The van der Waals surface area contributed by atoms with Crippen molar-refractivity contribution in [3.05, 3.63) is 48.6 Å². The van der Waals surface area contributed by atoms with Gasteiger partial charge >= 0.3 is 0 Å². The van der Waals surface area contributed by atoms with E-state index in [2.05, 4.69) is 44.6 Å². The molecule has 1 rings (SSSR count). The zero-order chi connectivity index (χ0) is 12.7. The summed E-state index contributed by atoms with van der Waals surface area (Å²) in [6.45, 7) is 10.6. The summed E-state index contributed by atoms with van der Waals surface area (Å²) in [7, 11) is 0. The Hall–Kier alpha value is -1.57. The smallest absolute Gasteiger partial charge is 0.135 e. The second-order valence-electron chi connectivity index (χ2n) is 5.23. The summed E-state index contributed by atoms with van der Waals surface area (Å²) in [6, 6.07) is 10.1. The van der Waals surface area contributed by atoms with Gasteiger partial charge in [0.2, 0.25) is 0 Å². The fourth-order valence-electron chi connectivity index (χ4n) is 1.49. The molecule has 0 atom stereocenters. The summed E-state index contributed by atoms with van der Waals surface area (Å²) in [5, 5.41) is 4.21. The fourth-order valence-corrected chi connectivity index (χ4v) is 1.49. The molecule has 0 saturated heterocycles. The highest BCUT2D eigenvalue weighted by molar-refractivity contribution is 6.00. The van der Waals surface area contributed by atoms with Gasteiger partial charge in [0, 0.05) is 0 Å². The van der Waals surface area contributed by atoms with Crippen molar-refractivity contribution in [2.24, 2.45) is 10.6 Å². The summed E-state index contributed by atoms with van der Waals surface area (Å²) < 4.78 is 0. The third-order valence-electron chi connectivity index (χ3n) is 2.17. The molecule has 0 N–H and O–H groups in total. The molecule has 2 nitrogen and oxygen atoms in total. The van der Waals surface area contributed by atoms with Gasteiger partial charge in [-0.05, 0) is 17.4 Å². The Bertz CT molecular complexity index is 374. The maximum Gasteiger partial charge on any atom is 0.135 e. The summed E-state index contributed by atoms with van der Waals surface area (Å²) in [5.41, 5.74) is 2.29. The lowest BCUT2D eigenvalue weighted by molar-refractivity contribution is 0.173. The summed E-state index contributed by atoms with van der Waals surface area (Å²) in [6.07, 6.45) is 2.58. The van der Waals surface area contributed by atoms with E-state index in [1.165, 1.54) is 0 Å². The average Bonchev–Trinajstić information content (AvgIpc) is 2.28. The van der Waals surface area contributed by atoms with Crippen LogP contribution < -0.4 is 0 Å². The van der Waals surface area contributed by atoms with E-state index < -0.39 is 0 Å². The van der Waals surface area contributed by atoms with Crippen molar-refractivity contribution in [2.45, 2.75) is 27.2 Å². The predicted molar refractivity (Wildman–Crippen MR) is 73.2 cm³/mol. The van der Waals surface area contributed by atoms with Crippen LogP contribution in [-0.2, 0) is 4.84 Å². The number of hydrogen-bond acceptors (Lipinski definition) is 2. The molecule has 0 amide bonds. The van der Waals surface area contributed by atoms with E-state index in [9.17, 15) is 0 Å². The second kappa shape index (κ2) is 6.24. The molecule has 0 fully saturated rings. The van der Waals surface area contributed by atoms with Crippen LogP contribution in [0.3, 0.4) is 0 Å². The van der Waals surface area contributed by atoms with E-state index >= 15 is 0 Å². The fraction of sp³-hybridized carbons (Fsp3) is 0.400. The van der Waals surface area contributed by atoms with Crippen LogP contribution >= 0.6 is 0 Å². The lowest BCUT2D eigenvalue weighted by Crippen LogP contribution is -2.14. The zero-order valence-electron chi connectivity index (χ0n) is 10.9. The Labute approximate surface area is 104 Å². The Morgan fingerprint density at radius 2 is 1.94 bits per heavy atom. The first-order valence-corrected chi connectivity index (χ1v) is 5.88. The normalized spacial score (nSPS) is 12.3. The molecular weight excluding hydrogens is 210 g/mol. The molecular formula is C15H21NO. The van der Waals surface area contributed by atoms with E-state index in [1.807, 2.05) is 18.2 Å². The quantitative estimate of drug-likeness (QED) is 0.324. The Kier molecular flexibility index (Phi) is 4.95. The molecule has 1 aromatic carbocycles. The molecule has 0 unspecified atom stereocenters. The standard InChI is InChI=1S/C15H21NO/c1-5-11-17-16-14(12-15(2,3)4)13-9-7-6-8-10-13/h5-10H,1,11-12H2,2-4H3/b16-14-. The number of benzene rings is 1. The van der Waals surface area contributed by atoms with Gasteiger partial charge in [0.15, 0.2) is 0 Å². The number of nitrogens with zero attached hydrogens (tertiary/aromatic N) is 1. The SMILES string of the molecule is C=CCO/N=C(/CC(C)(C)C)c1ccccc1. The molecule has 0 aliphatic heterocycles. The first-order chi connectivity index (χ1) is 8.03. The van der Waals surface area contributed by atoms with Crippen molar-refractivity contribution in [2.75, 3.05) is 6.61 Å². The maximum absolute atomic E-state index is 5.22. The first-order valence-electron chi connectivity index (χ1n) is 5.88. The molecule has 0 aliphatic rings. The van der Waals surface area contributed by atoms with E-state index in [-0.39, 0.29) is 5.41 Å². The largest absolute Gasteiger partial charge is 0.391 e. The Morgan fingerprint density at radius 3 is 2.47 bits per heavy atom. The van der Waals surface area contributed by atoms with Crippen molar-refractivity contribution >= 4 is 5.71 Å². The highest BCUT2D eigenvalue weighted by Crippen LogP contribution is 2.22. The first kappa shape index (κ1) is 13.5. The average molecular weight is 231 g/mol. The van der Waals surface area contributed by atoms with Gasteiger partial charge in [-0.2, -0.15) is 0 Å². The van der Waals surface area contributed by atoms with Gasteiger partial charge in [0.05, 0.1) is 5.71 Å². The summed E-state index contributed by atoms with van der Waals surface area (Å²) in [4.78, 5) is 5.22. The third kappa shape index (κ3) is 5.34. The minimum Gasteiger partial charge on any atom is -0.391 e. The van der Waals surface area contributed by atoms with Crippen LogP contribution in [0.5, 0.6) is 0 Å². The van der Waals surface area contributed by atoms with Crippen LogP contribution in [0, 0.1) is 5.41 Å². The van der Waals surface area contributed by atoms with Gasteiger partial charge in [-0.25, -0.2) is 0 Å². The highest BCUT2D eigenvalue weighted by Gasteiger charge is 2.16.